The molecule has 1 unspecified atom stereocenters. The molecule has 0 saturated carbocycles. The van der Waals surface area contributed by atoms with E-state index in [2.05, 4.69) is 13.8 Å². The van der Waals surface area contributed by atoms with Gasteiger partial charge in [0.1, 0.15) is 0 Å². The van der Waals surface area contributed by atoms with Crippen LogP contribution in [0.5, 0.6) is 0 Å². The van der Waals surface area contributed by atoms with E-state index >= 15 is 0 Å². The fraction of sp³-hybridized carbons (Fsp3) is 0.300. The van der Waals surface area contributed by atoms with Crippen LogP contribution in [-0.2, 0) is 4.74 Å². The smallest absolute Gasteiger partial charge is 0.338 e. The van der Waals surface area contributed by atoms with Crippen LogP contribution in [0.2, 0.25) is 0 Å². The molecule has 0 aliphatic heterocycles. The predicted molar refractivity (Wildman–Crippen MR) is 94.3 cm³/mol. The van der Waals surface area contributed by atoms with Gasteiger partial charge in [0.05, 0.1) is 17.9 Å². The molecule has 1 atom stereocenters. The van der Waals surface area contributed by atoms with Crippen LogP contribution in [-0.4, -0.2) is 18.3 Å². The molecule has 3 nitrogen and oxygen atoms in total. The van der Waals surface area contributed by atoms with Gasteiger partial charge in [0.2, 0.25) is 0 Å². The maximum Gasteiger partial charge on any atom is 0.338 e. The third-order valence-electron chi connectivity index (χ3n) is 3.81. The minimum Gasteiger partial charge on any atom is -0.462 e. The van der Waals surface area contributed by atoms with Crippen LogP contribution in [0.1, 0.15) is 37.0 Å². The zero-order valence-electron chi connectivity index (χ0n) is 13.7. The summed E-state index contributed by atoms with van der Waals surface area (Å²) in [5.41, 5.74) is 2.59. The van der Waals surface area contributed by atoms with E-state index in [0.29, 0.717) is 24.5 Å². The van der Waals surface area contributed by atoms with Gasteiger partial charge in [-0.3, -0.25) is 4.99 Å². The number of rotatable bonds is 7. The molecule has 0 amide bonds. The van der Waals surface area contributed by atoms with Gasteiger partial charge in [0.25, 0.3) is 0 Å². The van der Waals surface area contributed by atoms with Crippen LogP contribution < -0.4 is 0 Å². The monoisotopic (exact) mass is 309 g/mol. The van der Waals surface area contributed by atoms with Gasteiger partial charge < -0.3 is 4.74 Å². The van der Waals surface area contributed by atoms with Crippen molar-refractivity contribution in [3.63, 3.8) is 0 Å². The highest BCUT2D eigenvalue weighted by Crippen LogP contribution is 2.16. The van der Waals surface area contributed by atoms with Gasteiger partial charge in [-0.1, -0.05) is 50.2 Å². The summed E-state index contributed by atoms with van der Waals surface area (Å²) in [7, 11) is 0. The average Bonchev–Trinajstić information content (AvgIpc) is 2.61. The van der Waals surface area contributed by atoms with Gasteiger partial charge in [-0.05, 0) is 36.6 Å². The summed E-state index contributed by atoms with van der Waals surface area (Å²) < 4.78 is 5.37. The highest BCUT2D eigenvalue weighted by molar-refractivity contribution is 5.91. The second-order valence-electron chi connectivity index (χ2n) is 5.50. The van der Waals surface area contributed by atoms with Crippen molar-refractivity contribution in [3.8, 4) is 0 Å². The number of ether oxygens (including phenoxy) is 1. The lowest BCUT2D eigenvalue weighted by Crippen LogP contribution is -2.15. The highest BCUT2D eigenvalue weighted by atomic mass is 16.5. The second kappa shape index (κ2) is 8.89. The van der Waals surface area contributed by atoms with Crippen molar-refractivity contribution >= 4 is 17.4 Å². The summed E-state index contributed by atoms with van der Waals surface area (Å²) >= 11 is 0. The number of esters is 1. The van der Waals surface area contributed by atoms with Crippen molar-refractivity contribution in [2.24, 2.45) is 10.9 Å². The van der Waals surface area contributed by atoms with Crippen molar-refractivity contribution in [3.05, 3.63) is 66.2 Å². The number of carbonyl (C=O) groups is 1. The summed E-state index contributed by atoms with van der Waals surface area (Å²) in [6.07, 6.45) is 1.67. The number of nitrogens with zero attached hydrogens (tertiary/aromatic N) is 1. The quantitative estimate of drug-likeness (QED) is 0.530. The molecule has 2 aromatic rings. The van der Waals surface area contributed by atoms with Gasteiger partial charge in [-0.2, -0.15) is 0 Å². The Morgan fingerprint density at radius 3 is 2.26 bits per heavy atom. The maximum atomic E-state index is 12.0. The summed E-state index contributed by atoms with van der Waals surface area (Å²) in [6, 6.07) is 19.0. The van der Waals surface area contributed by atoms with Gasteiger partial charge in [0.15, 0.2) is 0 Å². The van der Waals surface area contributed by atoms with Crippen LogP contribution in [0.25, 0.3) is 0 Å². The van der Waals surface area contributed by atoms with E-state index in [9.17, 15) is 4.79 Å². The zero-order chi connectivity index (χ0) is 16.5. The molecule has 2 rings (SSSR count). The second-order valence-corrected chi connectivity index (χ2v) is 5.50. The van der Waals surface area contributed by atoms with Crippen molar-refractivity contribution in [2.75, 3.05) is 6.61 Å². The van der Waals surface area contributed by atoms with Crippen molar-refractivity contribution < 1.29 is 9.53 Å². The fourth-order valence-corrected chi connectivity index (χ4v) is 2.22. The Bertz CT molecular complexity index is 635. The largest absolute Gasteiger partial charge is 0.462 e. The molecule has 0 N–H and O–H groups in total. The zero-order valence-corrected chi connectivity index (χ0v) is 13.7. The van der Waals surface area contributed by atoms with Crippen LogP contribution >= 0.6 is 0 Å². The molecule has 2 aromatic carbocycles. The van der Waals surface area contributed by atoms with Gasteiger partial charge >= 0.3 is 5.97 Å². The number of para-hydroxylation sites is 1. The first-order valence-corrected chi connectivity index (χ1v) is 8.05. The molecule has 0 fully saturated rings. The van der Waals surface area contributed by atoms with Crippen LogP contribution in [0.15, 0.2) is 65.7 Å². The van der Waals surface area contributed by atoms with E-state index in [1.807, 2.05) is 48.5 Å². The molecule has 23 heavy (non-hydrogen) atoms. The third kappa shape index (κ3) is 5.37. The Hall–Kier alpha value is -2.42. The lowest BCUT2D eigenvalue weighted by atomic mass is 10.00. The van der Waals surface area contributed by atoms with Gasteiger partial charge in [-0.15, -0.1) is 0 Å². The average molecular weight is 309 g/mol. The Morgan fingerprint density at radius 1 is 1.04 bits per heavy atom. The molecule has 120 valence electrons. The molecule has 0 heterocycles. The van der Waals surface area contributed by atoms with Crippen LogP contribution in [0.4, 0.5) is 5.69 Å². The van der Waals surface area contributed by atoms with Gasteiger partial charge in [0, 0.05) is 12.1 Å². The first-order chi connectivity index (χ1) is 11.2. The van der Waals surface area contributed by atoms with E-state index in [1.54, 1.807) is 12.1 Å². The Labute approximate surface area is 138 Å². The van der Waals surface area contributed by atoms with E-state index in [0.717, 1.165) is 17.8 Å². The minimum atomic E-state index is -0.284. The van der Waals surface area contributed by atoms with Gasteiger partial charge in [-0.25, -0.2) is 4.79 Å². The molecule has 0 bridgehead atoms. The summed E-state index contributed by atoms with van der Waals surface area (Å²) in [5.74, 6) is 0.0828. The van der Waals surface area contributed by atoms with E-state index in [1.165, 1.54) is 0 Å². The molecule has 0 spiro atoms. The summed E-state index contributed by atoms with van der Waals surface area (Å²) in [5, 5.41) is 0. The van der Waals surface area contributed by atoms with Crippen molar-refractivity contribution in [1.82, 2.24) is 0 Å². The lowest BCUT2D eigenvalue weighted by molar-refractivity contribution is 0.0515. The number of hydrogen-bond donors (Lipinski definition) is 0. The van der Waals surface area contributed by atoms with E-state index < -0.39 is 0 Å². The van der Waals surface area contributed by atoms with Crippen LogP contribution in [0, 0.1) is 5.92 Å². The van der Waals surface area contributed by atoms with Crippen molar-refractivity contribution in [1.29, 1.82) is 0 Å². The SMILES string of the molecule is CCC(C)C(CCOC(=O)c1ccccc1)=Nc1ccccc1. The lowest BCUT2D eigenvalue weighted by Gasteiger charge is -2.13. The van der Waals surface area contributed by atoms with E-state index in [4.69, 9.17) is 9.73 Å². The normalized spacial score (nSPS) is 12.7. The molecule has 0 radical (unpaired) electrons. The number of aliphatic imine (C=N–C) groups is 1. The molecule has 0 saturated heterocycles. The maximum absolute atomic E-state index is 12.0. The Kier molecular flexibility index (Phi) is 6.55. The number of benzene rings is 2. The first-order valence-electron chi connectivity index (χ1n) is 8.05. The molecule has 0 aromatic heterocycles. The predicted octanol–water partition coefficient (Wildman–Crippen LogP) is 5.05. The molecule has 3 heteroatoms. The third-order valence-corrected chi connectivity index (χ3v) is 3.81. The van der Waals surface area contributed by atoms with Crippen molar-refractivity contribution in [2.45, 2.75) is 26.7 Å². The topological polar surface area (TPSA) is 38.7 Å². The Morgan fingerprint density at radius 2 is 1.65 bits per heavy atom. The minimum absolute atomic E-state index is 0.284. The van der Waals surface area contributed by atoms with Crippen LogP contribution in [0.3, 0.4) is 0 Å². The number of hydrogen-bond acceptors (Lipinski definition) is 3. The number of carbonyl (C=O) groups excluding carboxylic acids is 1. The molecule has 0 aliphatic rings. The molecular formula is C20H23NO2. The standard InChI is InChI=1S/C20H23NO2/c1-3-16(2)19(21-18-12-8-5-9-13-18)14-15-23-20(22)17-10-6-4-7-11-17/h4-13,16H,3,14-15H2,1-2H3. The Balaban J connectivity index is 1.97. The summed E-state index contributed by atoms with van der Waals surface area (Å²) in [4.78, 5) is 16.7. The molecule has 0 aliphatic carbocycles. The summed E-state index contributed by atoms with van der Waals surface area (Å²) in [6.45, 7) is 4.64. The van der Waals surface area contributed by atoms with E-state index in [-0.39, 0.29) is 5.97 Å². The first kappa shape index (κ1) is 16.9. The highest BCUT2D eigenvalue weighted by Gasteiger charge is 2.11. The fourth-order valence-electron chi connectivity index (χ4n) is 2.22. The molecular weight excluding hydrogens is 286 g/mol.